The number of hydrogen-bond acceptors (Lipinski definition) is 1. The molecule has 0 spiro atoms. The molecule has 0 saturated heterocycles. The normalized spacial score (nSPS) is 10.1. The van der Waals surface area contributed by atoms with Gasteiger partial charge >= 0.3 is 0 Å². The fourth-order valence-electron chi connectivity index (χ4n) is 1.91. The molecule has 0 aliphatic heterocycles. The molecule has 0 unspecified atom stereocenters. The molecule has 0 aromatic heterocycles. The first-order valence-corrected chi connectivity index (χ1v) is 7.45. The molecule has 0 radical (unpaired) electrons. The highest BCUT2D eigenvalue weighted by molar-refractivity contribution is 6.30. The van der Waals surface area contributed by atoms with E-state index in [-0.39, 0.29) is 6.61 Å². The van der Waals surface area contributed by atoms with Crippen LogP contribution in [-0.4, -0.2) is 11.7 Å². The van der Waals surface area contributed by atoms with Gasteiger partial charge in [0.1, 0.15) is 0 Å². The summed E-state index contributed by atoms with van der Waals surface area (Å²) in [5.41, 5.74) is 5.62. The second-order valence-corrected chi connectivity index (χ2v) is 5.16. The van der Waals surface area contributed by atoms with Crippen LogP contribution in [0.1, 0.15) is 51.0 Å². The molecule has 104 valence electrons. The van der Waals surface area contributed by atoms with Gasteiger partial charge in [-0.2, -0.15) is 0 Å². The Morgan fingerprint density at radius 3 is 2.53 bits per heavy atom. The highest BCUT2D eigenvalue weighted by Gasteiger charge is 1.96. The molecule has 1 nitrogen and oxygen atoms in total. The van der Waals surface area contributed by atoms with Crippen molar-refractivity contribution in [2.75, 3.05) is 6.61 Å². The maximum Gasteiger partial charge on any atom is 0.0474 e. The summed E-state index contributed by atoms with van der Waals surface area (Å²) in [7, 11) is 0. The smallest absolute Gasteiger partial charge is 0.0474 e. The molecule has 0 fully saturated rings. The fraction of sp³-hybridized carbons (Fsp3) is 0.471. The fourth-order valence-corrected chi connectivity index (χ4v) is 2.04. The van der Waals surface area contributed by atoms with E-state index >= 15 is 0 Å². The highest BCUT2D eigenvalue weighted by atomic mass is 35.5. The number of benzene rings is 1. The maximum atomic E-state index is 9.08. The third-order valence-electron chi connectivity index (χ3n) is 3.06. The topological polar surface area (TPSA) is 20.2 Å². The van der Waals surface area contributed by atoms with Crippen molar-refractivity contribution in [3.63, 3.8) is 0 Å². The molecule has 19 heavy (non-hydrogen) atoms. The van der Waals surface area contributed by atoms with E-state index in [0.717, 1.165) is 23.4 Å². The van der Waals surface area contributed by atoms with E-state index in [1.807, 2.05) is 30.3 Å². The van der Waals surface area contributed by atoms with E-state index in [4.69, 9.17) is 16.7 Å². The maximum absolute atomic E-state index is 9.08. The van der Waals surface area contributed by atoms with Crippen LogP contribution in [0, 0.1) is 0 Å². The van der Waals surface area contributed by atoms with Crippen LogP contribution in [0.5, 0.6) is 0 Å². The number of aliphatic hydroxyl groups excluding tert-OH is 1. The first-order valence-electron chi connectivity index (χ1n) is 7.07. The summed E-state index contributed by atoms with van der Waals surface area (Å²) in [5.74, 6) is 0. The van der Waals surface area contributed by atoms with Crippen LogP contribution in [0.25, 0.3) is 6.08 Å². The molecule has 0 bridgehead atoms. The summed E-state index contributed by atoms with van der Waals surface area (Å²) in [6.07, 6.45) is 8.70. The van der Waals surface area contributed by atoms with E-state index < -0.39 is 0 Å². The third kappa shape index (κ3) is 7.22. The lowest BCUT2D eigenvalue weighted by Crippen LogP contribution is -1.88. The van der Waals surface area contributed by atoms with Crippen molar-refractivity contribution in [3.8, 4) is 0 Å². The number of halogens is 1. The Bertz CT molecular complexity index is 413. The Labute approximate surface area is 121 Å². The van der Waals surface area contributed by atoms with Crippen molar-refractivity contribution in [1.29, 1.82) is 0 Å². The molecule has 0 aliphatic rings. The lowest BCUT2D eigenvalue weighted by Gasteiger charge is -2.02. The van der Waals surface area contributed by atoms with E-state index in [9.17, 15) is 0 Å². The highest BCUT2D eigenvalue weighted by Crippen LogP contribution is 2.14. The van der Waals surface area contributed by atoms with Gasteiger partial charge in [-0.3, -0.25) is 0 Å². The zero-order valence-electron chi connectivity index (χ0n) is 11.7. The van der Waals surface area contributed by atoms with Crippen molar-refractivity contribution in [2.24, 2.45) is 0 Å². The Morgan fingerprint density at radius 2 is 1.89 bits per heavy atom. The minimum Gasteiger partial charge on any atom is -0.396 e. The van der Waals surface area contributed by atoms with Crippen LogP contribution in [0.2, 0.25) is 5.02 Å². The van der Waals surface area contributed by atoms with Crippen molar-refractivity contribution >= 4 is 17.7 Å². The van der Waals surface area contributed by atoms with Crippen LogP contribution in [-0.2, 0) is 0 Å². The van der Waals surface area contributed by atoms with Crippen LogP contribution in [0.3, 0.4) is 0 Å². The molecule has 0 saturated carbocycles. The van der Waals surface area contributed by atoms with Crippen molar-refractivity contribution in [2.45, 2.75) is 45.4 Å². The van der Waals surface area contributed by atoms with E-state index in [1.165, 1.54) is 31.3 Å². The molecule has 0 aliphatic carbocycles. The van der Waals surface area contributed by atoms with E-state index in [1.54, 1.807) is 0 Å². The molecule has 1 aromatic carbocycles. The summed E-state index contributed by atoms with van der Waals surface area (Å²) < 4.78 is 0. The second-order valence-electron chi connectivity index (χ2n) is 4.73. The van der Waals surface area contributed by atoms with Crippen LogP contribution >= 0.6 is 11.6 Å². The van der Waals surface area contributed by atoms with Gasteiger partial charge in [0.15, 0.2) is 0 Å². The molecule has 0 atom stereocenters. The SMILES string of the molecule is CCCCCCC(=C=Cc1ccc(Cl)cc1)CCO. The standard InChI is InChI=1S/C17H23ClO/c1-2-3-4-5-6-15(13-14-19)7-8-16-9-11-17(18)12-10-16/h8-12,19H,2-6,13-14H2,1H3. The number of aliphatic hydroxyl groups is 1. The lowest BCUT2D eigenvalue weighted by molar-refractivity contribution is 0.297. The molecular weight excluding hydrogens is 256 g/mol. The van der Waals surface area contributed by atoms with Gasteiger partial charge in [-0.05, 0) is 48.6 Å². The summed E-state index contributed by atoms with van der Waals surface area (Å²) >= 11 is 5.85. The molecule has 1 N–H and O–H groups in total. The molecule has 2 heteroatoms. The average Bonchev–Trinajstić information content (AvgIpc) is 2.42. The number of rotatable bonds is 8. The van der Waals surface area contributed by atoms with E-state index in [2.05, 4.69) is 12.7 Å². The first-order chi connectivity index (χ1) is 9.26. The van der Waals surface area contributed by atoms with Gasteiger partial charge in [-0.25, -0.2) is 0 Å². The Kier molecular flexibility index (Phi) is 8.33. The van der Waals surface area contributed by atoms with Gasteiger partial charge in [0.2, 0.25) is 0 Å². The summed E-state index contributed by atoms with van der Waals surface area (Å²) in [6.45, 7) is 2.41. The predicted octanol–water partition coefficient (Wildman–Crippen LogP) is 5.23. The minimum absolute atomic E-state index is 0.199. The van der Waals surface area contributed by atoms with Crippen molar-refractivity contribution < 1.29 is 5.11 Å². The Morgan fingerprint density at radius 1 is 1.16 bits per heavy atom. The zero-order chi connectivity index (χ0) is 13.9. The average molecular weight is 279 g/mol. The van der Waals surface area contributed by atoms with Gasteiger partial charge in [0.25, 0.3) is 0 Å². The van der Waals surface area contributed by atoms with Crippen LogP contribution in [0.15, 0.2) is 35.6 Å². The summed E-state index contributed by atoms with van der Waals surface area (Å²) in [5, 5.41) is 9.83. The molecular formula is C17H23ClO. The van der Waals surface area contributed by atoms with Gasteiger partial charge < -0.3 is 5.11 Å². The van der Waals surface area contributed by atoms with Gasteiger partial charge in [-0.1, -0.05) is 49.9 Å². The molecule has 0 heterocycles. The van der Waals surface area contributed by atoms with Crippen molar-refractivity contribution in [3.05, 3.63) is 46.2 Å². The quantitative estimate of drug-likeness (QED) is 0.510. The van der Waals surface area contributed by atoms with Gasteiger partial charge in [-0.15, -0.1) is 5.73 Å². The molecule has 0 amide bonds. The van der Waals surface area contributed by atoms with Crippen LogP contribution in [0.4, 0.5) is 0 Å². The predicted molar refractivity (Wildman–Crippen MR) is 83.4 cm³/mol. The zero-order valence-corrected chi connectivity index (χ0v) is 12.4. The summed E-state index contributed by atoms with van der Waals surface area (Å²) in [6, 6.07) is 7.70. The van der Waals surface area contributed by atoms with Gasteiger partial charge in [0.05, 0.1) is 0 Å². The van der Waals surface area contributed by atoms with Gasteiger partial charge in [0, 0.05) is 11.6 Å². The second kappa shape index (κ2) is 9.86. The minimum atomic E-state index is 0.199. The molecule has 1 aromatic rings. The molecule has 1 rings (SSSR count). The summed E-state index contributed by atoms with van der Waals surface area (Å²) in [4.78, 5) is 0. The van der Waals surface area contributed by atoms with Crippen molar-refractivity contribution in [1.82, 2.24) is 0 Å². The largest absolute Gasteiger partial charge is 0.396 e. The Balaban J connectivity index is 2.62. The Hall–Kier alpha value is -1.01. The first kappa shape index (κ1) is 16.0. The number of unbranched alkanes of at least 4 members (excludes halogenated alkanes) is 3. The van der Waals surface area contributed by atoms with E-state index in [0.29, 0.717) is 0 Å². The van der Waals surface area contributed by atoms with Crippen LogP contribution < -0.4 is 0 Å². The monoisotopic (exact) mass is 278 g/mol. The number of hydrogen-bond donors (Lipinski definition) is 1. The lowest BCUT2D eigenvalue weighted by atomic mass is 10.0. The third-order valence-corrected chi connectivity index (χ3v) is 3.31.